The predicted octanol–water partition coefficient (Wildman–Crippen LogP) is 2.22. The van der Waals surface area contributed by atoms with E-state index < -0.39 is 6.03 Å². The van der Waals surface area contributed by atoms with Crippen molar-refractivity contribution in [1.82, 2.24) is 5.43 Å². The van der Waals surface area contributed by atoms with E-state index in [1.54, 1.807) is 29.2 Å². The molecule has 0 radical (unpaired) electrons. The molecule has 6 heteroatoms. The van der Waals surface area contributed by atoms with E-state index in [0.717, 1.165) is 37.1 Å². The molecule has 6 nitrogen and oxygen atoms in total. The standard InChI is InChI=1S/C14H22N4O2/c1-2-3-4-5-10-18(14(15)20)13-8-6-12(7-9-13)17-16-11-19/h6-9,11,17H,2-5,10H2,1H3,(H2,15,20)(H,16,19). The number of hydrogen-bond donors (Lipinski definition) is 3. The van der Waals surface area contributed by atoms with Crippen LogP contribution in [0.3, 0.4) is 0 Å². The van der Waals surface area contributed by atoms with E-state index in [-0.39, 0.29) is 0 Å². The number of unbranched alkanes of at least 4 members (excludes halogenated alkanes) is 3. The van der Waals surface area contributed by atoms with Gasteiger partial charge in [0.2, 0.25) is 6.41 Å². The molecule has 1 aromatic carbocycles. The molecule has 0 aliphatic carbocycles. The molecule has 0 saturated carbocycles. The first kappa shape index (κ1) is 15.8. The molecule has 20 heavy (non-hydrogen) atoms. The summed E-state index contributed by atoms with van der Waals surface area (Å²) in [6.07, 6.45) is 4.89. The average molecular weight is 278 g/mol. The van der Waals surface area contributed by atoms with Gasteiger partial charge in [0, 0.05) is 12.2 Å². The van der Waals surface area contributed by atoms with Crippen LogP contribution in [0, 0.1) is 0 Å². The number of benzene rings is 1. The molecule has 0 aromatic heterocycles. The van der Waals surface area contributed by atoms with Crippen molar-refractivity contribution in [2.75, 3.05) is 16.9 Å². The molecule has 0 atom stereocenters. The third-order valence-electron chi connectivity index (χ3n) is 2.96. The van der Waals surface area contributed by atoms with Crippen molar-refractivity contribution in [3.63, 3.8) is 0 Å². The number of rotatable bonds is 9. The lowest BCUT2D eigenvalue weighted by Crippen LogP contribution is -2.36. The van der Waals surface area contributed by atoms with E-state index >= 15 is 0 Å². The van der Waals surface area contributed by atoms with Gasteiger partial charge in [-0.2, -0.15) is 0 Å². The maximum Gasteiger partial charge on any atom is 0.319 e. The Kier molecular flexibility index (Phi) is 6.95. The number of nitrogens with one attached hydrogen (secondary N) is 2. The van der Waals surface area contributed by atoms with Gasteiger partial charge < -0.3 is 5.73 Å². The number of hydrogen-bond acceptors (Lipinski definition) is 3. The van der Waals surface area contributed by atoms with Crippen LogP contribution in [-0.4, -0.2) is 19.0 Å². The van der Waals surface area contributed by atoms with E-state index in [1.165, 1.54) is 0 Å². The summed E-state index contributed by atoms with van der Waals surface area (Å²) in [5.41, 5.74) is 11.9. The van der Waals surface area contributed by atoms with Gasteiger partial charge in [-0.15, -0.1) is 0 Å². The lowest BCUT2D eigenvalue weighted by Gasteiger charge is -2.20. The van der Waals surface area contributed by atoms with Crippen LogP contribution in [-0.2, 0) is 4.79 Å². The largest absolute Gasteiger partial charge is 0.351 e. The minimum absolute atomic E-state index is 0.451. The highest BCUT2D eigenvalue weighted by atomic mass is 16.2. The van der Waals surface area contributed by atoms with E-state index in [2.05, 4.69) is 17.8 Å². The van der Waals surface area contributed by atoms with Crippen molar-refractivity contribution in [1.29, 1.82) is 0 Å². The Morgan fingerprint density at radius 2 is 1.95 bits per heavy atom. The summed E-state index contributed by atoms with van der Waals surface area (Å²) < 4.78 is 0. The number of amides is 3. The van der Waals surface area contributed by atoms with Crippen molar-refractivity contribution in [3.05, 3.63) is 24.3 Å². The Morgan fingerprint density at radius 3 is 2.50 bits per heavy atom. The van der Waals surface area contributed by atoms with Crippen molar-refractivity contribution >= 4 is 23.8 Å². The van der Waals surface area contributed by atoms with Gasteiger partial charge in [-0.25, -0.2) is 4.79 Å². The van der Waals surface area contributed by atoms with Crippen LogP contribution < -0.4 is 21.5 Å². The van der Waals surface area contributed by atoms with E-state index in [4.69, 9.17) is 5.73 Å². The van der Waals surface area contributed by atoms with Crippen LogP contribution in [0.15, 0.2) is 24.3 Å². The molecular formula is C14H22N4O2. The fourth-order valence-electron chi connectivity index (χ4n) is 1.90. The number of nitrogens with two attached hydrogens (primary N) is 1. The molecule has 4 N–H and O–H groups in total. The topological polar surface area (TPSA) is 87.5 Å². The molecular weight excluding hydrogens is 256 g/mol. The molecule has 0 heterocycles. The van der Waals surface area contributed by atoms with Gasteiger partial charge in [0.15, 0.2) is 0 Å². The zero-order valence-electron chi connectivity index (χ0n) is 11.8. The minimum Gasteiger partial charge on any atom is -0.351 e. The fourth-order valence-corrected chi connectivity index (χ4v) is 1.90. The smallest absolute Gasteiger partial charge is 0.319 e. The highest BCUT2D eigenvalue weighted by molar-refractivity contribution is 5.90. The molecule has 3 amide bonds. The van der Waals surface area contributed by atoms with Gasteiger partial charge in [-0.1, -0.05) is 26.2 Å². The van der Waals surface area contributed by atoms with Gasteiger partial charge in [-0.3, -0.25) is 20.5 Å². The predicted molar refractivity (Wildman–Crippen MR) is 80.3 cm³/mol. The number of hydrazine groups is 1. The highest BCUT2D eigenvalue weighted by Crippen LogP contribution is 2.18. The molecule has 0 spiro atoms. The lowest BCUT2D eigenvalue weighted by atomic mass is 10.2. The van der Waals surface area contributed by atoms with E-state index in [0.29, 0.717) is 13.0 Å². The van der Waals surface area contributed by atoms with E-state index in [9.17, 15) is 9.59 Å². The molecule has 0 fully saturated rings. The Balaban J connectivity index is 2.61. The van der Waals surface area contributed by atoms with Crippen molar-refractivity contribution in [2.24, 2.45) is 5.73 Å². The third kappa shape index (κ3) is 5.17. The molecule has 1 rings (SSSR count). The molecule has 0 aliphatic rings. The second-order valence-corrected chi connectivity index (χ2v) is 4.48. The third-order valence-corrected chi connectivity index (χ3v) is 2.96. The molecule has 110 valence electrons. The maximum atomic E-state index is 11.5. The number of carbonyl (C=O) groups is 2. The molecule has 1 aromatic rings. The molecule has 0 saturated heterocycles. The summed E-state index contributed by atoms with van der Waals surface area (Å²) in [6.45, 7) is 2.76. The zero-order chi connectivity index (χ0) is 14.8. The summed E-state index contributed by atoms with van der Waals surface area (Å²) in [6, 6.07) is 6.67. The first-order chi connectivity index (χ1) is 9.69. The second-order valence-electron chi connectivity index (χ2n) is 4.48. The number of primary amides is 1. The monoisotopic (exact) mass is 278 g/mol. The number of nitrogens with zero attached hydrogens (tertiary/aromatic N) is 1. The SMILES string of the molecule is CCCCCCN(C(N)=O)c1ccc(NNC=O)cc1. The Morgan fingerprint density at radius 1 is 1.25 bits per heavy atom. The van der Waals surface area contributed by atoms with Gasteiger partial charge in [0.25, 0.3) is 0 Å². The Labute approximate surface area is 119 Å². The fraction of sp³-hybridized carbons (Fsp3) is 0.429. The van der Waals surface area contributed by atoms with Crippen LogP contribution in [0.1, 0.15) is 32.6 Å². The number of urea groups is 1. The van der Waals surface area contributed by atoms with Crippen molar-refractivity contribution in [3.8, 4) is 0 Å². The molecule has 0 aliphatic heterocycles. The van der Waals surface area contributed by atoms with Gasteiger partial charge >= 0.3 is 6.03 Å². The van der Waals surface area contributed by atoms with E-state index in [1.807, 2.05) is 0 Å². The quantitative estimate of drug-likeness (QED) is 0.368. The number of anilines is 2. The Bertz CT molecular complexity index is 420. The number of carbonyl (C=O) groups excluding carboxylic acids is 2. The van der Waals surface area contributed by atoms with Crippen molar-refractivity contribution < 1.29 is 9.59 Å². The zero-order valence-corrected chi connectivity index (χ0v) is 11.8. The van der Waals surface area contributed by atoms with Crippen molar-refractivity contribution in [2.45, 2.75) is 32.6 Å². The van der Waals surface area contributed by atoms with Crippen LogP contribution >= 0.6 is 0 Å². The minimum atomic E-state index is -0.451. The van der Waals surface area contributed by atoms with Gasteiger partial charge in [0.05, 0.1) is 5.69 Å². The van der Waals surface area contributed by atoms with Gasteiger partial charge in [-0.05, 0) is 30.7 Å². The van der Waals surface area contributed by atoms with Crippen LogP contribution in [0.5, 0.6) is 0 Å². The maximum absolute atomic E-state index is 11.5. The normalized spacial score (nSPS) is 9.85. The Hall–Kier alpha value is -2.24. The summed E-state index contributed by atoms with van der Waals surface area (Å²) in [4.78, 5) is 23.2. The molecule has 0 bridgehead atoms. The average Bonchev–Trinajstić information content (AvgIpc) is 2.45. The molecule has 0 unspecified atom stereocenters. The first-order valence-electron chi connectivity index (χ1n) is 6.81. The highest BCUT2D eigenvalue weighted by Gasteiger charge is 2.11. The summed E-state index contributed by atoms with van der Waals surface area (Å²) in [5, 5.41) is 0. The van der Waals surface area contributed by atoms with Gasteiger partial charge in [0.1, 0.15) is 0 Å². The van der Waals surface area contributed by atoms with Crippen LogP contribution in [0.4, 0.5) is 16.2 Å². The first-order valence-corrected chi connectivity index (χ1v) is 6.81. The van der Waals surface area contributed by atoms with Crippen LogP contribution in [0.25, 0.3) is 0 Å². The van der Waals surface area contributed by atoms with Crippen LogP contribution in [0.2, 0.25) is 0 Å². The summed E-state index contributed by atoms with van der Waals surface area (Å²) in [5.74, 6) is 0. The lowest BCUT2D eigenvalue weighted by molar-refractivity contribution is -0.109. The second kappa shape index (κ2) is 8.79. The summed E-state index contributed by atoms with van der Waals surface area (Å²) in [7, 11) is 0. The summed E-state index contributed by atoms with van der Waals surface area (Å²) >= 11 is 0.